The van der Waals surface area contributed by atoms with E-state index in [0.717, 1.165) is 68.9 Å². The van der Waals surface area contributed by atoms with Crippen LogP contribution in [0.5, 0.6) is 0 Å². The number of benzene rings is 1. The van der Waals surface area contributed by atoms with Gasteiger partial charge < -0.3 is 9.80 Å². The normalized spacial score (nSPS) is 14.9. The third kappa shape index (κ3) is 4.86. The van der Waals surface area contributed by atoms with Gasteiger partial charge in [0.1, 0.15) is 5.82 Å². The summed E-state index contributed by atoms with van der Waals surface area (Å²) in [4.78, 5) is 17.0. The van der Waals surface area contributed by atoms with E-state index in [1.807, 2.05) is 17.0 Å². The largest absolute Gasteiger partial charge is 0.355 e. The van der Waals surface area contributed by atoms with E-state index in [4.69, 9.17) is 0 Å². The number of hydrogen-bond acceptors (Lipinski definition) is 4. The Morgan fingerprint density at radius 2 is 1.68 bits per heavy atom. The van der Waals surface area contributed by atoms with Crippen molar-refractivity contribution in [2.75, 3.05) is 31.1 Å². The van der Waals surface area contributed by atoms with E-state index in [-0.39, 0.29) is 11.7 Å². The average Bonchev–Trinajstić information content (AvgIpc) is 2.74. The first kappa shape index (κ1) is 20.2. The number of nitrogens with zero attached hydrogens (tertiary/aromatic N) is 4. The Bertz CT molecular complexity index is 749. The summed E-state index contributed by atoms with van der Waals surface area (Å²) in [5, 5.41) is 8.65. The number of anilines is 1. The first-order valence-electron chi connectivity index (χ1n) is 10.3. The van der Waals surface area contributed by atoms with Gasteiger partial charge in [0.15, 0.2) is 5.82 Å². The molecule has 150 valence electrons. The zero-order valence-corrected chi connectivity index (χ0v) is 16.8. The van der Waals surface area contributed by atoms with E-state index in [0.29, 0.717) is 5.91 Å². The number of halogens is 1. The van der Waals surface area contributed by atoms with Crippen molar-refractivity contribution in [3.63, 3.8) is 0 Å². The fraction of sp³-hybridized carbons (Fsp3) is 0.500. The molecule has 0 unspecified atom stereocenters. The molecule has 1 aromatic heterocycles. The third-order valence-electron chi connectivity index (χ3n) is 5.26. The van der Waals surface area contributed by atoms with Gasteiger partial charge in [-0.15, -0.1) is 10.2 Å². The zero-order chi connectivity index (χ0) is 19.9. The number of amides is 1. The lowest BCUT2D eigenvalue weighted by molar-refractivity contribution is -0.136. The van der Waals surface area contributed by atoms with E-state index in [9.17, 15) is 9.18 Å². The maximum Gasteiger partial charge on any atom is 0.225 e. The quantitative estimate of drug-likeness (QED) is 0.720. The van der Waals surface area contributed by atoms with Gasteiger partial charge in [0.25, 0.3) is 0 Å². The van der Waals surface area contributed by atoms with Gasteiger partial charge in [-0.3, -0.25) is 4.79 Å². The van der Waals surface area contributed by atoms with Crippen LogP contribution in [0.25, 0.3) is 11.3 Å². The molecule has 1 aliphatic rings. The fourth-order valence-corrected chi connectivity index (χ4v) is 3.75. The molecule has 0 atom stereocenters. The van der Waals surface area contributed by atoms with Crippen LogP contribution in [0.1, 0.15) is 39.5 Å². The maximum atomic E-state index is 13.1. The van der Waals surface area contributed by atoms with Crippen LogP contribution >= 0.6 is 0 Å². The van der Waals surface area contributed by atoms with Crippen LogP contribution in [0.3, 0.4) is 0 Å². The molecule has 3 rings (SSSR count). The molecule has 0 saturated carbocycles. The lowest BCUT2D eigenvalue weighted by atomic mass is 9.95. The Balaban J connectivity index is 1.58. The molecule has 1 aromatic carbocycles. The second-order valence-electron chi connectivity index (χ2n) is 7.37. The number of hydrogen-bond donors (Lipinski definition) is 0. The summed E-state index contributed by atoms with van der Waals surface area (Å²) in [7, 11) is 0. The van der Waals surface area contributed by atoms with Gasteiger partial charge in [-0.1, -0.05) is 13.8 Å². The van der Waals surface area contributed by atoms with Crippen molar-refractivity contribution in [1.82, 2.24) is 15.1 Å². The van der Waals surface area contributed by atoms with Gasteiger partial charge in [-0.2, -0.15) is 0 Å². The predicted molar refractivity (Wildman–Crippen MR) is 110 cm³/mol. The number of carbonyl (C=O) groups excluding carboxylic acids is 1. The van der Waals surface area contributed by atoms with E-state index >= 15 is 0 Å². The Labute approximate surface area is 166 Å². The molecule has 0 bridgehead atoms. The van der Waals surface area contributed by atoms with Crippen LogP contribution in [0, 0.1) is 11.7 Å². The van der Waals surface area contributed by atoms with Gasteiger partial charge in [0.2, 0.25) is 5.91 Å². The zero-order valence-electron chi connectivity index (χ0n) is 16.8. The highest BCUT2D eigenvalue weighted by molar-refractivity contribution is 5.79. The van der Waals surface area contributed by atoms with Gasteiger partial charge in [-0.05, 0) is 62.1 Å². The second-order valence-corrected chi connectivity index (χ2v) is 7.37. The third-order valence-corrected chi connectivity index (χ3v) is 5.26. The summed E-state index contributed by atoms with van der Waals surface area (Å²) in [6.07, 6.45) is 3.70. The summed E-state index contributed by atoms with van der Waals surface area (Å²) >= 11 is 0. The molecule has 2 heterocycles. The molecule has 0 aliphatic carbocycles. The molecule has 1 aliphatic heterocycles. The highest BCUT2D eigenvalue weighted by atomic mass is 19.1. The SMILES string of the molecule is CCCN(CCC)C(=O)C1CCN(c2ccc(-c3ccc(F)cc3)nn2)CC1. The summed E-state index contributed by atoms with van der Waals surface area (Å²) in [6, 6.07) is 10.1. The lowest BCUT2D eigenvalue weighted by Gasteiger charge is -2.34. The monoisotopic (exact) mass is 384 g/mol. The first-order valence-corrected chi connectivity index (χ1v) is 10.3. The molecule has 2 aromatic rings. The maximum absolute atomic E-state index is 13.1. The van der Waals surface area contributed by atoms with Crippen LogP contribution in [-0.4, -0.2) is 47.2 Å². The lowest BCUT2D eigenvalue weighted by Crippen LogP contribution is -2.43. The molecule has 28 heavy (non-hydrogen) atoms. The molecule has 5 nitrogen and oxygen atoms in total. The van der Waals surface area contributed by atoms with Gasteiger partial charge in [0.05, 0.1) is 5.69 Å². The molecule has 1 fully saturated rings. The minimum Gasteiger partial charge on any atom is -0.355 e. The van der Waals surface area contributed by atoms with Crippen LogP contribution < -0.4 is 4.90 Å². The minimum absolute atomic E-state index is 0.112. The van der Waals surface area contributed by atoms with Crippen molar-refractivity contribution in [3.8, 4) is 11.3 Å². The minimum atomic E-state index is -0.262. The van der Waals surface area contributed by atoms with Crippen LogP contribution in [-0.2, 0) is 4.79 Å². The van der Waals surface area contributed by atoms with Gasteiger partial charge in [0, 0.05) is 37.7 Å². The summed E-state index contributed by atoms with van der Waals surface area (Å²) < 4.78 is 13.1. The van der Waals surface area contributed by atoms with Crippen molar-refractivity contribution in [1.29, 1.82) is 0 Å². The summed E-state index contributed by atoms with van der Waals surface area (Å²) in [6.45, 7) is 7.56. The highest BCUT2D eigenvalue weighted by Gasteiger charge is 2.28. The summed E-state index contributed by atoms with van der Waals surface area (Å²) in [5.41, 5.74) is 1.57. The molecule has 0 spiro atoms. The van der Waals surface area contributed by atoms with E-state index in [2.05, 4.69) is 28.9 Å². The van der Waals surface area contributed by atoms with Crippen molar-refractivity contribution in [2.45, 2.75) is 39.5 Å². The standard InChI is InChI=1S/C22H29FN4O/c1-3-13-27(14-4-2)22(28)18-11-15-26(16-12-18)21-10-9-20(24-25-21)17-5-7-19(23)8-6-17/h5-10,18H,3-4,11-16H2,1-2H3. The van der Waals surface area contributed by atoms with Gasteiger partial charge in [-0.25, -0.2) is 4.39 Å². The molecular weight excluding hydrogens is 355 g/mol. The highest BCUT2D eigenvalue weighted by Crippen LogP contribution is 2.25. The molecule has 0 N–H and O–H groups in total. The Kier molecular flexibility index (Phi) is 6.95. The number of rotatable bonds is 7. The van der Waals surface area contributed by atoms with Crippen molar-refractivity contribution in [2.24, 2.45) is 5.92 Å². The Morgan fingerprint density at radius 1 is 1.04 bits per heavy atom. The molecule has 6 heteroatoms. The number of piperidine rings is 1. The molecular formula is C22H29FN4O. The number of aromatic nitrogens is 2. The van der Waals surface area contributed by atoms with Gasteiger partial charge >= 0.3 is 0 Å². The van der Waals surface area contributed by atoms with Crippen LogP contribution in [0.4, 0.5) is 10.2 Å². The second kappa shape index (κ2) is 9.62. The van der Waals surface area contributed by atoms with Crippen molar-refractivity contribution >= 4 is 11.7 Å². The van der Waals surface area contributed by atoms with Crippen molar-refractivity contribution in [3.05, 3.63) is 42.2 Å². The van der Waals surface area contributed by atoms with E-state index < -0.39 is 0 Å². The molecule has 1 saturated heterocycles. The summed E-state index contributed by atoms with van der Waals surface area (Å²) in [5.74, 6) is 0.986. The fourth-order valence-electron chi connectivity index (χ4n) is 3.75. The van der Waals surface area contributed by atoms with E-state index in [1.165, 1.54) is 12.1 Å². The Morgan fingerprint density at radius 3 is 2.21 bits per heavy atom. The average molecular weight is 384 g/mol. The molecule has 0 radical (unpaired) electrons. The van der Waals surface area contributed by atoms with Crippen LogP contribution in [0.15, 0.2) is 36.4 Å². The Hall–Kier alpha value is -2.50. The first-order chi connectivity index (χ1) is 13.6. The van der Waals surface area contributed by atoms with Crippen molar-refractivity contribution < 1.29 is 9.18 Å². The number of carbonyl (C=O) groups is 1. The topological polar surface area (TPSA) is 49.3 Å². The molecule has 1 amide bonds. The van der Waals surface area contributed by atoms with E-state index in [1.54, 1.807) is 12.1 Å². The predicted octanol–water partition coefficient (Wildman–Crippen LogP) is 4.15. The van der Waals surface area contributed by atoms with Crippen LogP contribution in [0.2, 0.25) is 0 Å². The smallest absolute Gasteiger partial charge is 0.225 e.